The summed E-state index contributed by atoms with van der Waals surface area (Å²) in [6, 6.07) is 15.1. The highest BCUT2D eigenvalue weighted by atomic mass is 79.9. The van der Waals surface area contributed by atoms with Gasteiger partial charge in [-0.2, -0.15) is 0 Å². The third-order valence-corrected chi connectivity index (χ3v) is 3.89. The Hall–Kier alpha value is -1.39. The van der Waals surface area contributed by atoms with Crippen molar-refractivity contribution in [2.45, 2.75) is 12.3 Å². The molecule has 0 aliphatic heterocycles. The summed E-state index contributed by atoms with van der Waals surface area (Å²) in [6.45, 7) is -0.0856. The summed E-state index contributed by atoms with van der Waals surface area (Å²) in [5.74, 6) is -0.150. The topological polar surface area (TPSA) is 43.1 Å². The number of hydrogen-bond acceptors (Lipinski definition) is 2. The zero-order chi connectivity index (χ0) is 14.5. The Kier molecular flexibility index (Phi) is 5.15. The van der Waals surface area contributed by atoms with E-state index < -0.39 is 0 Å². The molecule has 0 heterocycles. The van der Waals surface area contributed by atoms with Gasteiger partial charge in [0.05, 0.1) is 5.92 Å². The minimum absolute atomic E-state index is 0.0856. The fourth-order valence-corrected chi connectivity index (χ4v) is 2.50. The summed E-state index contributed by atoms with van der Waals surface area (Å²) in [7, 11) is 0. The summed E-state index contributed by atoms with van der Waals surface area (Å²) >= 11 is 9.24. The highest BCUT2D eigenvalue weighted by Crippen LogP contribution is 2.24. The van der Waals surface area contributed by atoms with Crippen molar-refractivity contribution < 1.29 is 4.92 Å². The Balaban J connectivity index is 2.21. The molecule has 1 unspecified atom stereocenters. The number of hydrogen-bond donors (Lipinski definition) is 0. The first-order valence-corrected chi connectivity index (χ1v) is 7.33. The van der Waals surface area contributed by atoms with Crippen LogP contribution in [-0.4, -0.2) is 11.5 Å². The average molecular weight is 355 g/mol. The average Bonchev–Trinajstić information content (AvgIpc) is 2.41. The molecule has 0 saturated heterocycles. The van der Waals surface area contributed by atoms with E-state index in [0.717, 1.165) is 15.6 Å². The maximum Gasteiger partial charge on any atom is 0.210 e. The number of benzene rings is 2. The molecular weight excluding hydrogens is 342 g/mol. The van der Waals surface area contributed by atoms with Gasteiger partial charge in [-0.15, -0.1) is 0 Å². The standard InChI is InChI=1S/C15H13BrClNO2/c16-14-5-1-11(2-6-14)9-13(10-18(19)20)12-3-7-15(17)8-4-12/h1-8,13H,9-10H2. The van der Waals surface area contributed by atoms with Crippen LogP contribution < -0.4 is 0 Å². The molecule has 0 amide bonds. The lowest BCUT2D eigenvalue weighted by Gasteiger charge is -2.13. The summed E-state index contributed by atoms with van der Waals surface area (Å²) in [5, 5.41) is 11.5. The quantitative estimate of drug-likeness (QED) is 0.576. The Morgan fingerprint density at radius 1 is 1.10 bits per heavy atom. The Morgan fingerprint density at radius 3 is 2.25 bits per heavy atom. The van der Waals surface area contributed by atoms with E-state index in [-0.39, 0.29) is 17.4 Å². The fraction of sp³-hybridized carbons (Fsp3) is 0.200. The van der Waals surface area contributed by atoms with Crippen molar-refractivity contribution in [1.29, 1.82) is 0 Å². The molecular formula is C15H13BrClNO2. The van der Waals surface area contributed by atoms with Gasteiger partial charge in [-0.3, -0.25) is 10.1 Å². The van der Waals surface area contributed by atoms with Crippen molar-refractivity contribution in [3.63, 3.8) is 0 Å². The SMILES string of the molecule is O=[N+]([O-])CC(Cc1ccc(Br)cc1)c1ccc(Cl)cc1. The van der Waals surface area contributed by atoms with E-state index in [1.807, 2.05) is 36.4 Å². The van der Waals surface area contributed by atoms with E-state index in [1.54, 1.807) is 12.1 Å². The molecule has 0 aliphatic rings. The van der Waals surface area contributed by atoms with E-state index in [1.165, 1.54) is 0 Å². The molecule has 0 aliphatic carbocycles. The molecule has 0 fully saturated rings. The monoisotopic (exact) mass is 353 g/mol. The molecule has 0 aromatic heterocycles. The second-order valence-electron chi connectivity index (χ2n) is 4.59. The van der Waals surface area contributed by atoms with Gasteiger partial charge in [0, 0.05) is 14.4 Å². The molecule has 5 heteroatoms. The van der Waals surface area contributed by atoms with Crippen LogP contribution in [0, 0.1) is 10.1 Å². The summed E-state index contributed by atoms with van der Waals surface area (Å²) in [6.07, 6.45) is 0.635. The van der Waals surface area contributed by atoms with E-state index >= 15 is 0 Å². The summed E-state index contributed by atoms with van der Waals surface area (Å²) < 4.78 is 0.999. The van der Waals surface area contributed by atoms with Crippen LogP contribution in [-0.2, 0) is 6.42 Å². The van der Waals surface area contributed by atoms with Crippen LogP contribution in [0.5, 0.6) is 0 Å². The maximum atomic E-state index is 10.9. The van der Waals surface area contributed by atoms with Crippen LogP contribution >= 0.6 is 27.5 Å². The molecule has 0 saturated carbocycles. The largest absolute Gasteiger partial charge is 0.265 e. The predicted molar refractivity (Wildman–Crippen MR) is 83.9 cm³/mol. The normalized spacial score (nSPS) is 12.1. The minimum atomic E-state index is -0.266. The smallest absolute Gasteiger partial charge is 0.210 e. The molecule has 2 aromatic rings. The number of rotatable bonds is 5. The zero-order valence-electron chi connectivity index (χ0n) is 10.6. The van der Waals surface area contributed by atoms with Crippen molar-refractivity contribution in [2.75, 3.05) is 6.54 Å². The van der Waals surface area contributed by atoms with Crippen molar-refractivity contribution >= 4 is 27.5 Å². The first-order valence-electron chi connectivity index (χ1n) is 6.16. The first kappa shape index (κ1) is 15.0. The van der Waals surface area contributed by atoms with Crippen molar-refractivity contribution in [2.24, 2.45) is 0 Å². The van der Waals surface area contributed by atoms with Crippen LogP contribution in [0.25, 0.3) is 0 Å². The summed E-state index contributed by atoms with van der Waals surface area (Å²) in [4.78, 5) is 10.6. The molecule has 1 atom stereocenters. The highest BCUT2D eigenvalue weighted by molar-refractivity contribution is 9.10. The lowest BCUT2D eigenvalue weighted by molar-refractivity contribution is -0.483. The fourth-order valence-electron chi connectivity index (χ4n) is 2.11. The molecule has 0 spiro atoms. The maximum absolute atomic E-state index is 10.9. The zero-order valence-corrected chi connectivity index (χ0v) is 13.0. The summed E-state index contributed by atoms with van der Waals surface area (Å²) in [5.41, 5.74) is 2.02. The third kappa shape index (κ3) is 4.32. The molecule has 2 aromatic carbocycles. The van der Waals surface area contributed by atoms with Crippen molar-refractivity contribution in [3.05, 3.63) is 79.3 Å². The Bertz CT molecular complexity index is 584. The molecule has 0 N–H and O–H groups in total. The van der Waals surface area contributed by atoms with E-state index in [9.17, 15) is 10.1 Å². The van der Waals surface area contributed by atoms with Gasteiger partial charge in [0.15, 0.2) is 0 Å². The second-order valence-corrected chi connectivity index (χ2v) is 5.95. The van der Waals surface area contributed by atoms with Gasteiger partial charge < -0.3 is 0 Å². The minimum Gasteiger partial charge on any atom is -0.265 e. The van der Waals surface area contributed by atoms with Gasteiger partial charge >= 0.3 is 0 Å². The van der Waals surface area contributed by atoms with E-state index in [0.29, 0.717) is 11.4 Å². The Labute approximate surface area is 130 Å². The molecule has 3 nitrogen and oxygen atoms in total. The van der Waals surface area contributed by atoms with Crippen LogP contribution in [0.2, 0.25) is 5.02 Å². The van der Waals surface area contributed by atoms with Gasteiger partial charge in [0.2, 0.25) is 6.54 Å². The van der Waals surface area contributed by atoms with Crippen molar-refractivity contribution in [1.82, 2.24) is 0 Å². The number of nitrogens with zero attached hydrogens (tertiary/aromatic N) is 1. The lowest BCUT2D eigenvalue weighted by atomic mass is 9.92. The van der Waals surface area contributed by atoms with Gasteiger partial charge in [-0.1, -0.05) is 51.8 Å². The van der Waals surface area contributed by atoms with Gasteiger partial charge in [0.1, 0.15) is 0 Å². The third-order valence-electron chi connectivity index (χ3n) is 3.11. The van der Waals surface area contributed by atoms with E-state index in [2.05, 4.69) is 15.9 Å². The predicted octanol–water partition coefficient (Wildman–Crippen LogP) is 4.71. The molecule has 20 heavy (non-hydrogen) atoms. The lowest BCUT2D eigenvalue weighted by Crippen LogP contribution is -2.15. The number of halogens is 2. The van der Waals surface area contributed by atoms with E-state index in [4.69, 9.17) is 11.6 Å². The molecule has 0 radical (unpaired) electrons. The van der Waals surface area contributed by atoms with Crippen LogP contribution in [0.4, 0.5) is 0 Å². The second kappa shape index (κ2) is 6.86. The Morgan fingerprint density at radius 2 is 1.70 bits per heavy atom. The van der Waals surface area contributed by atoms with Crippen LogP contribution in [0.15, 0.2) is 53.0 Å². The first-order chi connectivity index (χ1) is 9.54. The van der Waals surface area contributed by atoms with Crippen molar-refractivity contribution in [3.8, 4) is 0 Å². The molecule has 104 valence electrons. The highest BCUT2D eigenvalue weighted by Gasteiger charge is 2.18. The van der Waals surface area contributed by atoms with Gasteiger partial charge in [0.25, 0.3) is 0 Å². The van der Waals surface area contributed by atoms with Crippen LogP contribution in [0.3, 0.4) is 0 Å². The molecule has 2 rings (SSSR count). The molecule has 0 bridgehead atoms. The van der Waals surface area contributed by atoms with Gasteiger partial charge in [-0.25, -0.2) is 0 Å². The van der Waals surface area contributed by atoms with Gasteiger partial charge in [-0.05, 0) is 41.8 Å². The van der Waals surface area contributed by atoms with Crippen LogP contribution in [0.1, 0.15) is 17.0 Å². The number of nitro groups is 1.